The van der Waals surface area contributed by atoms with Gasteiger partial charge in [-0.1, -0.05) is 20.3 Å². The standard InChI is InChI=1S/C16H22FNO4/c1-3-4-9-22-16(21)11(2)5-8-15(20)18-14-10-12(19)6-7-13(14)17/h6-7,10-11,19H,3-5,8-9H2,1-2H3,(H,18,20)/t11-/m0/s1. The summed E-state index contributed by atoms with van der Waals surface area (Å²) in [5.74, 6) is -1.90. The van der Waals surface area contributed by atoms with Crippen molar-refractivity contribution in [1.82, 2.24) is 0 Å². The van der Waals surface area contributed by atoms with Gasteiger partial charge in [-0.05, 0) is 25.0 Å². The van der Waals surface area contributed by atoms with Crippen molar-refractivity contribution in [3.63, 3.8) is 0 Å². The number of hydrogen-bond acceptors (Lipinski definition) is 4. The summed E-state index contributed by atoms with van der Waals surface area (Å²) in [5, 5.41) is 11.6. The number of carbonyl (C=O) groups is 2. The first-order valence-electron chi connectivity index (χ1n) is 7.39. The summed E-state index contributed by atoms with van der Waals surface area (Å²) >= 11 is 0. The van der Waals surface area contributed by atoms with E-state index in [2.05, 4.69) is 5.32 Å². The smallest absolute Gasteiger partial charge is 0.308 e. The maximum absolute atomic E-state index is 13.4. The van der Waals surface area contributed by atoms with Crippen LogP contribution in [0.3, 0.4) is 0 Å². The molecule has 1 rings (SSSR count). The molecule has 0 aliphatic carbocycles. The molecule has 0 radical (unpaired) electrons. The number of hydrogen-bond donors (Lipinski definition) is 2. The summed E-state index contributed by atoms with van der Waals surface area (Å²) in [4.78, 5) is 23.4. The highest BCUT2D eigenvalue weighted by Crippen LogP contribution is 2.20. The van der Waals surface area contributed by atoms with Gasteiger partial charge in [0.05, 0.1) is 18.2 Å². The summed E-state index contributed by atoms with van der Waals surface area (Å²) in [6.45, 7) is 4.08. The minimum absolute atomic E-state index is 0.0686. The Labute approximate surface area is 129 Å². The zero-order chi connectivity index (χ0) is 16.5. The zero-order valence-corrected chi connectivity index (χ0v) is 12.9. The molecule has 6 heteroatoms. The van der Waals surface area contributed by atoms with E-state index >= 15 is 0 Å². The molecule has 2 N–H and O–H groups in total. The predicted octanol–water partition coefficient (Wildman–Crippen LogP) is 3.23. The second-order valence-corrected chi connectivity index (χ2v) is 5.17. The van der Waals surface area contributed by atoms with Crippen LogP contribution in [0, 0.1) is 11.7 Å². The van der Waals surface area contributed by atoms with Gasteiger partial charge in [-0.3, -0.25) is 9.59 Å². The molecule has 0 saturated heterocycles. The van der Waals surface area contributed by atoms with Crippen molar-refractivity contribution in [3.8, 4) is 5.75 Å². The van der Waals surface area contributed by atoms with Gasteiger partial charge >= 0.3 is 5.97 Å². The number of halogens is 1. The van der Waals surface area contributed by atoms with Crippen LogP contribution in [0.2, 0.25) is 0 Å². The summed E-state index contributed by atoms with van der Waals surface area (Å²) in [5.41, 5.74) is -0.0804. The average Bonchev–Trinajstić information content (AvgIpc) is 2.48. The van der Waals surface area contributed by atoms with Gasteiger partial charge in [0.25, 0.3) is 0 Å². The van der Waals surface area contributed by atoms with E-state index < -0.39 is 17.6 Å². The van der Waals surface area contributed by atoms with E-state index in [9.17, 15) is 19.1 Å². The van der Waals surface area contributed by atoms with Gasteiger partial charge in [-0.15, -0.1) is 0 Å². The van der Waals surface area contributed by atoms with E-state index in [0.29, 0.717) is 13.0 Å². The predicted molar refractivity (Wildman–Crippen MR) is 81.0 cm³/mol. The number of benzene rings is 1. The first-order valence-corrected chi connectivity index (χ1v) is 7.39. The summed E-state index contributed by atoms with van der Waals surface area (Å²) in [7, 11) is 0. The molecular formula is C16H22FNO4. The van der Waals surface area contributed by atoms with Gasteiger partial charge in [-0.2, -0.15) is 0 Å². The van der Waals surface area contributed by atoms with Crippen LogP contribution in [0.25, 0.3) is 0 Å². The number of amides is 1. The van der Waals surface area contributed by atoms with Gasteiger partial charge in [0.2, 0.25) is 5.91 Å². The Morgan fingerprint density at radius 1 is 1.41 bits per heavy atom. The lowest BCUT2D eigenvalue weighted by atomic mass is 10.1. The lowest BCUT2D eigenvalue weighted by Crippen LogP contribution is -2.19. The first kappa shape index (κ1) is 17.9. The number of anilines is 1. The van der Waals surface area contributed by atoms with Crippen molar-refractivity contribution in [2.75, 3.05) is 11.9 Å². The van der Waals surface area contributed by atoms with E-state index in [-0.39, 0.29) is 23.8 Å². The third-order valence-corrected chi connectivity index (χ3v) is 3.17. The van der Waals surface area contributed by atoms with Crippen LogP contribution in [-0.4, -0.2) is 23.6 Å². The highest BCUT2D eigenvalue weighted by molar-refractivity contribution is 5.91. The van der Waals surface area contributed by atoms with Crippen LogP contribution >= 0.6 is 0 Å². The van der Waals surface area contributed by atoms with Crippen molar-refractivity contribution in [3.05, 3.63) is 24.0 Å². The number of nitrogens with one attached hydrogen (secondary N) is 1. The average molecular weight is 311 g/mol. The molecule has 1 aromatic rings. The number of esters is 1. The topological polar surface area (TPSA) is 75.6 Å². The fourth-order valence-corrected chi connectivity index (χ4v) is 1.75. The Morgan fingerprint density at radius 2 is 2.14 bits per heavy atom. The molecule has 0 saturated carbocycles. The van der Waals surface area contributed by atoms with E-state index in [1.54, 1.807) is 6.92 Å². The molecule has 122 valence electrons. The Morgan fingerprint density at radius 3 is 2.82 bits per heavy atom. The zero-order valence-electron chi connectivity index (χ0n) is 12.9. The van der Waals surface area contributed by atoms with E-state index in [4.69, 9.17) is 4.74 Å². The lowest BCUT2D eigenvalue weighted by Gasteiger charge is -2.11. The van der Waals surface area contributed by atoms with Crippen LogP contribution in [-0.2, 0) is 14.3 Å². The highest BCUT2D eigenvalue weighted by Gasteiger charge is 2.16. The maximum Gasteiger partial charge on any atom is 0.308 e. The Kier molecular flexibility index (Phi) is 7.36. The molecule has 0 fully saturated rings. The SMILES string of the molecule is CCCCOC(=O)[C@@H](C)CCC(=O)Nc1cc(O)ccc1F. The molecule has 22 heavy (non-hydrogen) atoms. The van der Waals surface area contributed by atoms with Gasteiger partial charge < -0.3 is 15.2 Å². The van der Waals surface area contributed by atoms with E-state index in [1.165, 1.54) is 6.07 Å². The number of phenols is 1. The fourth-order valence-electron chi connectivity index (χ4n) is 1.75. The molecule has 0 unspecified atom stereocenters. The maximum atomic E-state index is 13.4. The van der Waals surface area contributed by atoms with Crippen molar-refractivity contribution in [2.24, 2.45) is 5.92 Å². The number of aromatic hydroxyl groups is 1. The molecule has 0 aliphatic rings. The number of rotatable bonds is 8. The minimum atomic E-state index is -0.627. The Bertz CT molecular complexity index is 519. The molecule has 0 aromatic heterocycles. The van der Waals surface area contributed by atoms with Crippen LogP contribution < -0.4 is 5.32 Å². The monoisotopic (exact) mass is 311 g/mol. The molecule has 0 heterocycles. The Balaban J connectivity index is 2.39. The fraction of sp³-hybridized carbons (Fsp3) is 0.500. The number of phenolic OH excluding ortho intramolecular Hbond substituents is 1. The molecule has 1 aromatic carbocycles. The second-order valence-electron chi connectivity index (χ2n) is 5.17. The van der Waals surface area contributed by atoms with Gasteiger partial charge in [0.1, 0.15) is 11.6 Å². The molecule has 0 bridgehead atoms. The molecule has 0 aliphatic heterocycles. The molecule has 5 nitrogen and oxygen atoms in total. The third kappa shape index (κ3) is 6.11. The van der Waals surface area contributed by atoms with Crippen LogP contribution in [0.1, 0.15) is 39.5 Å². The number of carbonyl (C=O) groups excluding carboxylic acids is 2. The van der Waals surface area contributed by atoms with Gasteiger partial charge in [0, 0.05) is 12.5 Å². The van der Waals surface area contributed by atoms with Crippen molar-refractivity contribution in [1.29, 1.82) is 0 Å². The first-order chi connectivity index (χ1) is 10.4. The highest BCUT2D eigenvalue weighted by atomic mass is 19.1. The van der Waals surface area contributed by atoms with Crippen LogP contribution in [0.4, 0.5) is 10.1 Å². The van der Waals surface area contributed by atoms with E-state index in [1.807, 2.05) is 6.92 Å². The minimum Gasteiger partial charge on any atom is -0.508 e. The Hall–Kier alpha value is -2.11. The third-order valence-electron chi connectivity index (χ3n) is 3.17. The van der Waals surface area contributed by atoms with E-state index in [0.717, 1.165) is 25.0 Å². The summed E-state index contributed by atoms with van der Waals surface area (Å²) < 4.78 is 18.5. The largest absolute Gasteiger partial charge is 0.508 e. The molecule has 0 spiro atoms. The molecule has 1 amide bonds. The van der Waals surface area contributed by atoms with Gasteiger partial charge in [-0.25, -0.2) is 4.39 Å². The summed E-state index contributed by atoms with van der Waals surface area (Å²) in [6.07, 6.45) is 2.14. The molecule has 1 atom stereocenters. The van der Waals surface area contributed by atoms with Gasteiger partial charge in [0.15, 0.2) is 0 Å². The van der Waals surface area contributed by atoms with Crippen molar-refractivity contribution < 1.29 is 23.8 Å². The van der Waals surface area contributed by atoms with Crippen LogP contribution in [0.15, 0.2) is 18.2 Å². The van der Waals surface area contributed by atoms with Crippen LogP contribution in [0.5, 0.6) is 5.75 Å². The number of unbranched alkanes of at least 4 members (excludes halogenated alkanes) is 1. The van der Waals surface area contributed by atoms with Crippen molar-refractivity contribution in [2.45, 2.75) is 39.5 Å². The lowest BCUT2D eigenvalue weighted by molar-refractivity contribution is -0.148. The second kappa shape index (κ2) is 9.02. The normalized spacial score (nSPS) is 11.8. The quantitative estimate of drug-likeness (QED) is 0.571. The summed E-state index contributed by atoms with van der Waals surface area (Å²) in [6, 6.07) is 3.40. The van der Waals surface area contributed by atoms with Crippen molar-refractivity contribution >= 4 is 17.6 Å². The number of ether oxygens (including phenoxy) is 1. The molecular weight excluding hydrogens is 289 g/mol.